The molecule has 2 amide bonds. The molecule has 3 nitrogen and oxygen atoms in total. The molecule has 1 aliphatic heterocycles. The van der Waals surface area contributed by atoms with Crippen LogP contribution in [0.4, 0.5) is 4.79 Å². The largest absolute Gasteiger partial charge is 0.338 e. The third-order valence-electron chi connectivity index (χ3n) is 3.81. The van der Waals surface area contributed by atoms with Gasteiger partial charge in [0.1, 0.15) is 0 Å². The summed E-state index contributed by atoms with van der Waals surface area (Å²) in [6, 6.07) is 10.6. The Morgan fingerprint density at radius 3 is 2.75 bits per heavy atom. The van der Waals surface area contributed by atoms with Gasteiger partial charge in [-0.25, -0.2) is 4.79 Å². The second-order valence-electron chi connectivity index (χ2n) is 5.42. The third-order valence-corrected chi connectivity index (χ3v) is 4.51. The summed E-state index contributed by atoms with van der Waals surface area (Å²) < 4.78 is 0. The number of hydrogen-bond donors (Lipinski definition) is 1. The molecule has 20 heavy (non-hydrogen) atoms. The Labute approximate surface area is 126 Å². The molecule has 2 atom stereocenters. The van der Waals surface area contributed by atoms with Gasteiger partial charge in [0.25, 0.3) is 0 Å². The summed E-state index contributed by atoms with van der Waals surface area (Å²) in [5.74, 6) is 1.71. The first kappa shape index (κ1) is 15.2. The Bertz CT molecular complexity index is 424. The summed E-state index contributed by atoms with van der Waals surface area (Å²) >= 11 is 1.86. The van der Waals surface area contributed by atoms with Crippen LogP contribution in [0.25, 0.3) is 0 Å². The van der Waals surface area contributed by atoms with E-state index in [-0.39, 0.29) is 12.1 Å². The topological polar surface area (TPSA) is 32.3 Å². The van der Waals surface area contributed by atoms with Crippen LogP contribution in [0.2, 0.25) is 0 Å². The van der Waals surface area contributed by atoms with Crippen molar-refractivity contribution in [1.82, 2.24) is 10.2 Å². The van der Waals surface area contributed by atoms with Gasteiger partial charge in [-0.1, -0.05) is 37.3 Å². The van der Waals surface area contributed by atoms with Gasteiger partial charge in [-0.05, 0) is 36.3 Å². The first-order chi connectivity index (χ1) is 9.74. The Morgan fingerprint density at radius 1 is 1.35 bits per heavy atom. The van der Waals surface area contributed by atoms with E-state index in [9.17, 15) is 4.79 Å². The van der Waals surface area contributed by atoms with Crippen molar-refractivity contribution < 1.29 is 4.79 Å². The molecule has 2 rings (SSSR count). The predicted molar refractivity (Wildman–Crippen MR) is 86.1 cm³/mol. The lowest BCUT2D eigenvalue weighted by Gasteiger charge is -2.46. The molecule has 0 unspecified atom stereocenters. The van der Waals surface area contributed by atoms with Crippen molar-refractivity contribution in [3.8, 4) is 0 Å². The van der Waals surface area contributed by atoms with E-state index in [1.165, 1.54) is 17.7 Å². The molecule has 0 saturated carbocycles. The zero-order chi connectivity index (χ0) is 14.4. The van der Waals surface area contributed by atoms with Crippen LogP contribution in [0, 0.1) is 5.92 Å². The number of unbranched alkanes of at least 4 members (excludes halogenated alkanes) is 1. The number of urea groups is 1. The normalized spacial score (nSPS) is 21.4. The monoisotopic (exact) mass is 292 g/mol. The number of nitrogens with zero attached hydrogens (tertiary/aromatic N) is 1. The Balaban J connectivity index is 1.81. The number of benzene rings is 1. The number of likely N-dealkylation sites (tertiary alicyclic amines) is 1. The molecule has 1 N–H and O–H groups in total. The Kier molecular flexibility index (Phi) is 5.77. The van der Waals surface area contributed by atoms with Gasteiger partial charge >= 0.3 is 6.03 Å². The van der Waals surface area contributed by atoms with Gasteiger partial charge in [-0.15, -0.1) is 0 Å². The predicted octanol–water partition coefficient (Wildman–Crippen LogP) is 3.53. The van der Waals surface area contributed by atoms with Gasteiger partial charge in [0.2, 0.25) is 0 Å². The molecular weight excluding hydrogens is 268 g/mol. The molecule has 1 fully saturated rings. The fraction of sp³-hybridized carbons (Fsp3) is 0.562. The van der Waals surface area contributed by atoms with Gasteiger partial charge in [0.05, 0.1) is 6.04 Å². The zero-order valence-electron chi connectivity index (χ0n) is 12.3. The molecule has 0 aromatic heterocycles. The summed E-state index contributed by atoms with van der Waals surface area (Å²) in [7, 11) is 0. The summed E-state index contributed by atoms with van der Waals surface area (Å²) in [5.41, 5.74) is 1.24. The Hall–Kier alpha value is -1.16. The van der Waals surface area contributed by atoms with Crippen LogP contribution in [0.3, 0.4) is 0 Å². The van der Waals surface area contributed by atoms with E-state index >= 15 is 0 Å². The number of amides is 2. The maximum Gasteiger partial charge on any atom is 0.317 e. The maximum absolute atomic E-state index is 12.2. The average Bonchev–Trinajstić information content (AvgIpc) is 2.45. The number of hydrogen-bond acceptors (Lipinski definition) is 2. The Morgan fingerprint density at radius 2 is 2.10 bits per heavy atom. The summed E-state index contributed by atoms with van der Waals surface area (Å²) in [5, 5.41) is 3.04. The van der Waals surface area contributed by atoms with E-state index in [1.807, 2.05) is 34.9 Å². The van der Waals surface area contributed by atoms with Crippen molar-refractivity contribution in [2.24, 2.45) is 5.92 Å². The molecule has 0 bridgehead atoms. The van der Waals surface area contributed by atoms with Crippen LogP contribution < -0.4 is 5.32 Å². The van der Waals surface area contributed by atoms with E-state index < -0.39 is 0 Å². The quantitative estimate of drug-likeness (QED) is 0.814. The lowest BCUT2D eigenvalue weighted by molar-refractivity contribution is 0.0593. The van der Waals surface area contributed by atoms with Crippen molar-refractivity contribution in [3.63, 3.8) is 0 Å². The minimum Gasteiger partial charge on any atom is -0.338 e. The molecule has 1 aromatic rings. The van der Waals surface area contributed by atoms with Gasteiger partial charge in [-0.3, -0.25) is 0 Å². The van der Waals surface area contributed by atoms with Gasteiger partial charge in [0, 0.05) is 13.1 Å². The highest BCUT2D eigenvalue weighted by molar-refractivity contribution is 7.98. The molecule has 1 heterocycles. The number of nitrogens with one attached hydrogen (secondary N) is 1. The van der Waals surface area contributed by atoms with Crippen LogP contribution in [0.1, 0.15) is 31.4 Å². The van der Waals surface area contributed by atoms with Crippen molar-refractivity contribution >= 4 is 17.8 Å². The lowest BCUT2D eigenvalue weighted by atomic mass is 9.85. The molecule has 110 valence electrons. The average molecular weight is 292 g/mol. The fourth-order valence-corrected chi connectivity index (χ4v) is 3.22. The van der Waals surface area contributed by atoms with E-state index in [0.29, 0.717) is 5.92 Å². The fourth-order valence-electron chi connectivity index (χ4n) is 2.73. The molecule has 1 aliphatic rings. The zero-order valence-corrected chi connectivity index (χ0v) is 13.2. The summed E-state index contributed by atoms with van der Waals surface area (Å²) in [4.78, 5) is 14.1. The molecule has 4 heteroatoms. The molecule has 1 aromatic carbocycles. The standard InChI is InChI=1S/C16H24N2OS/c1-13-12-18(15(13)14-8-4-3-5-9-14)16(19)17-10-6-7-11-20-2/h3-5,8-9,13,15H,6-7,10-12H2,1-2H3,(H,17,19)/t13-,15+/m1/s1. The number of thioether (sulfide) groups is 1. The highest BCUT2D eigenvalue weighted by Crippen LogP contribution is 2.38. The second kappa shape index (κ2) is 7.58. The maximum atomic E-state index is 12.2. The smallest absolute Gasteiger partial charge is 0.317 e. The van der Waals surface area contributed by atoms with Crippen molar-refractivity contribution in [3.05, 3.63) is 35.9 Å². The van der Waals surface area contributed by atoms with Crippen molar-refractivity contribution in [2.75, 3.05) is 25.1 Å². The summed E-state index contributed by atoms with van der Waals surface area (Å²) in [6.07, 6.45) is 4.34. The number of rotatable bonds is 6. The van der Waals surface area contributed by atoms with Crippen LogP contribution in [0.15, 0.2) is 30.3 Å². The first-order valence-electron chi connectivity index (χ1n) is 7.32. The number of carbonyl (C=O) groups is 1. The SMILES string of the molecule is CSCCCCNC(=O)N1C[C@@H](C)[C@H]1c1ccccc1. The van der Waals surface area contributed by atoms with Gasteiger partial charge in [-0.2, -0.15) is 11.8 Å². The van der Waals surface area contributed by atoms with E-state index in [2.05, 4.69) is 30.6 Å². The van der Waals surface area contributed by atoms with E-state index in [4.69, 9.17) is 0 Å². The third kappa shape index (κ3) is 3.69. The van der Waals surface area contributed by atoms with Crippen molar-refractivity contribution in [1.29, 1.82) is 0 Å². The molecule has 0 radical (unpaired) electrons. The highest BCUT2D eigenvalue weighted by atomic mass is 32.2. The van der Waals surface area contributed by atoms with Gasteiger partial charge < -0.3 is 10.2 Å². The minimum atomic E-state index is 0.0844. The second-order valence-corrected chi connectivity index (χ2v) is 6.40. The first-order valence-corrected chi connectivity index (χ1v) is 8.71. The summed E-state index contributed by atoms with van der Waals surface area (Å²) in [6.45, 7) is 3.85. The van der Waals surface area contributed by atoms with Gasteiger partial charge in [0.15, 0.2) is 0 Å². The molecule has 0 spiro atoms. The number of carbonyl (C=O) groups excluding carboxylic acids is 1. The van der Waals surface area contributed by atoms with Crippen LogP contribution in [0.5, 0.6) is 0 Å². The van der Waals surface area contributed by atoms with Crippen LogP contribution >= 0.6 is 11.8 Å². The van der Waals surface area contributed by atoms with Crippen LogP contribution in [-0.4, -0.2) is 36.0 Å². The lowest BCUT2D eigenvalue weighted by Crippen LogP contribution is -2.55. The molecular formula is C16H24N2OS. The van der Waals surface area contributed by atoms with E-state index in [1.54, 1.807) is 0 Å². The minimum absolute atomic E-state index is 0.0844. The van der Waals surface area contributed by atoms with Crippen molar-refractivity contribution in [2.45, 2.75) is 25.8 Å². The van der Waals surface area contributed by atoms with Crippen LogP contribution in [-0.2, 0) is 0 Å². The van der Waals surface area contributed by atoms with E-state index in [0.717, 1.165) is 19.5 Å². The molecule has 1 saturated heterocycles. The molecule has 0 aliphatic carbocycles. The highest BCUT2D eigenvalue weighted by Gasteiger charge is 2.39.